The SMILES string of the molecule is O=c1cnc2cccnc2n1-c1cccc(-n2c(O)ccc2O)c1CBr. The van der Waals surface area contributed by atoms with Crippen LogP contribution in [0.3, 0.4) is 0 Å². The number of pyridine rings is 1. The van der Waals surface area contributed by atoms with E-state index in [1.54, 1.807) is 36.5 Å². The average Bonchev–Trinajstić information content (AvgIpc) is 2.99. The lowest BCUT2D eigenvalue weighted by molar-refractivity contribution is 0.402. The zero-order valence-corrected chi connectivity index (χ0v) is 15.0. The molecule has 0 atom stereocenters. The van der Waals surface area contributed by atoms with Gasteiger partial charge in [0.15, 0.2) is 17.4 Å². The molecule has 4 rings (SSSR count). The monoisotopic (exact) mass is 412 g/mol. The quantitative estimate of drug-likeness (QED) is 0.504. The summed E-state index contributed by atoms with van der Waals surface area (Å²) in [5.74, 6) is -0.209. The van der Waals surface area contributed by atoms with Crippen LogP contribution in [0.4, 0.5) is 0 Å². The Morgan fingerprint density at radius 1 is 0.923 bits per heavy atom. The lowest BCUT2D eigenvalue weighted by Crippen LogP contribution is -2.21. The van der Waals surface area contributed by atoms with Crippen LogP contribution in [-0.2, 0) is 5.33 Å². The Balaban J connectivity index is 2.08. The molecule has 1 aromatic carbocycles. The maximum Gasteiger partial charge on any atom is 0.275 e. The Hall–Kier alpha value is -3.13. The van der Waals surface area contributed by atoms with Crippen molar-refractivity contribution in [2.75, 3.05) is 0 Å². The highest BCUT2D eigenvalue weighted by Crippen LogP contribution is 2.32. The van der Waals surface area contributed by atoms with Crippen molar-refractivity contribution in [1.82, 2.24) is 19.1 Å². The standard InChI is InChI=1S/C18H13BrN4O3/c19-9-11-13(22-15(24)6-7-16(22)25)4-1-5-14(11)23-17(26)10-21-12-3-2-8-20-18(12)23/h1-8,10,24-25H,9H2. The first-order valence-electron chi connectivity index (χ1n) is 7.73. The summed E-state index contributed by atoms with van der Waals surface area (Å²) in [4.78, 5) is 21.0. The number of benzene rings is 1. The summed E-state index contributed by atoms with van der Waals surface area (Å²) in [5.41, 5.74) is 2.53. The fourth-order valence-electron chi connectivity index (χ4n) is 2.96. The number of aromatic hydroxyl groups is 2. The first kappa shape index (κ1) is 16.3. The predicted molar refractivity (Wildman–Crippen MR) is 100 cm³/mol. The van der Waals surface area contributed by atoms with Gasteiger partial charge in [-0.25, -0.2) is 9.97 Å². The van der Waals surface area contributed by atoms with Gasteiger partial charge in [0.25, 0.3) is 5.56 Å². The van der Waals surface area contributed by atoms with Gasteiger partial charge >= 0.3 is 0 Å². The molecule has 0 unspecified atom stereocenters. The topological polar surface area (TPSA) is 93.2 Å². The summed E-state index contributed by atoms with van der Waals surface area (Å²) in [6.45, 7) is 0. The number of alkyl halides is 1. The second-order valence-electron chi connectivity index (χ2n) is 5.57. The molecule has 0 spiro atoms. The van der Waals surface area contributed by atoms with Crippen LogP contribution in [0.25, 0.3) is 22.5 Å². The van der Waals surface area contributed by atoms with Crippen LogP contribution in [-0.4, -0.2) is 29.3 Å². The van der Waals surface area contributed by atoms with Gasteiger partial charge in [0, 0.05) is 29.2 Å². The lowest BCUT2D eigenvalue weighted by Gasteiger charge is -2.17. The Bertz CT molecular complexity index is 1160. The second-order valence-corrected chi connectivity index (χ2v) is 6.13. The van der Waals surface area contributed by atoms with Crippen LogP contribution in [0.2, 0.25) is 0 Å². The zero-order chi connectivity index (χ0) is 18.3. The van der Waals surface area contributed by atoms with Crippen LogP contribution in [0.15, 0.2) is 59.7 Å². The summed E-state index contributed by atoms with van der Waals surface area (Å²) in [6.07, 6.45) is 2.85. The molecule has 0 radical (unpaired) electrons. The molecule has 26 heavy (non-hydrogen) atoms. The Morgan fingerprint density at radius 3 is 2.31 bits per heavy atom. The fourth-order valence-corrected chi connectivity index (χ4v) is 3.54. The number of hydrogen-bond donors (Lipinski definition) is 2. The Labute approximate surface area is 155 Å². The number of halogens is 1. The number of fused-ring (bicyclic) bond motifs is 1. The maximum absolute atomic E-state index is 12.6. The molecule has 0 saturated carbocycles. The number of nitrogens with zero attached hydrogens (tertiary/aromatic N) is 4. The molecule has 3 heterocycles. The highest BCUT2D eigenvalue weighted by atomic mass is 79.9. The third kappa shape index (κ3) is 2.46. The van der Waals surface area contributed by atoms with E-state index in [9.17, 15) is 15.0 Å². The van der Waals surface area contributed by atoms with Crippen molar-refractivity contribution in [2.45, 2.75) is 5.33 Å². The minimum Gasteiger partial charge on any atom is -0.494 e. The van der Waals surface area contributed by atoms with Gasteiger partial charge in [0.05, 0.1) is 17.6 Å². The predicted octanol–water partition coefficient (Wildman–Crippen LogP) is 2.88. The van der Waals surface area contributed by atoms with Gasteiger partial charge in [-0.2, -0.15) is 0 Å². The lowest BCUT2D eigenvalue weighted by atomic mass is 10.1. The molecular weight excluding hydrogens is 400 g/mol. The fraction of sp³-hybridized carbons (Fsp3) is 0.0556. The van der Waals surface area contributed by atoms with E-state index in [4.69, 9.17) is 0 Å². The highest BCUT2D eigenvalue weighted by Gasteiger charge is 2.18. The van der Waals surface area contributed by atoms with Crippen LogP contribution < -0.4 is 5.56 Å². The number of rotatable bonds is 3. The first-order chi connectivity index (χ1) is 12.6. The van der Waals surface area contributed by atoms with Gasteiger partial charge in [0.1, 0.15) is 5.52 Å². The van der Waals surface area contributed by atoms with Crippen LogP contribution >= 0.6 is 15.9 Å². The highest BCUT2D eigenvalue weighted by molar-refractivity contribution is 9.08. The smallest absolute Gasteiger partial charge is 0.275 e. The summed E-state index contributed by atoms with van der Waals surface area (Å²) < 4.78 is 2.78. The van der Waals surface area contributed by atoms with E-state index in [2.05, 4.69) is 25.9 Å². The average molecular weight is 413 g/mol. The Kier molecular flexibility index (Phi) is 3.96. The van der Waals surface area contributed by atoms with Crippen LogP contribution in [0.5, 0.6) is 11.8 Å². The summed E-state index contributed by atoms with van der Waals surface area (Å²) >= 11 is 3.45. The molecule has 4 aromatic rings. The first-order valence-corrected chi connectivity index (χ1v) is 8.85. The van der Waals surface area contributed by atoms with Gasteiger partial charge < -0.3 is 10.2 Å². The molecule has 130 valence electrons. The van der Waals surface area contributed by atoms with Crippen LogP contribution in [0, 0.1) is 0 Å². The Morgan fingerprint density at radius 2 is 1.62 bits per heavy atom. The molecule has 2 N–H and O–H groups in total. The van der Waals surface area contributed by atoms with Crippen molar-refractivity contribution in [3.63, 3.8) is 0 Å². The van der Waals surface area contributed by atoms with Gasteiger partial charge in [-0.15, -0.1) is 0 Å². The molecule has 3 aromatic heterocycles. The van der Waals surface area contributed by atoms with E-state index >= 15 is 0 Å². The normalized spacial score (nSPS) is 11.1. The molecule has 0 aliphatic rings. The summed E-state index contributed by atoms with van der Waals surface area (Å²) in [7, 11) is 0. The number of aromatic nitrogens is 4. The van der Waals surface area contributed by atoms with Gasteiger partial charge in [-0.1, -0.05) is 22.0 Å². The van der Waals surface area contributed by atoms with E-state index in [1.807, 2.05) is 0 Å². The van der Waals surface area contributed by atoms with Crippen molar-refractivity contribution in [3.8, 4) is 23.1 Å². The third-order valence-corrected chi connectivity index (χ3v) is 4.65. The number of hydrogen-bond acceptors (Lipinski definition) is 5. The van der Waals surface area contributed by atoms with E-state index in [0.29, 0.717) is 33.4 Å². The minimum atomic E-state index is -0.323. The molecule has 0 bridgehead atoms. The van der Waals surface area contributed by atoms with Crippen molar-refractivity contribution in [3.05, 3.63) is 70.8 Å². The minimum absolute atomic E-state index is 0.105. The molecule has 0 aliphatic carbocycles. The summed E-state index contributed by atoms with van der Waals surface area (Å²) in [5, 5.41) is 20.6. The molecule has 0 fully saturated rings. The van der Waals surface area contributed by atoms with Gasteiger partial charge in [-0.3, -0.25) is 13.9 Å². The van der Waals surface area contributed by atoms with E-state index in [1.165, 1.54) is 27.5 Å². The molecule has 0 amide bonds. The molecule has 0 saturated heterocycles. The zero-order valence-electron chi connectivity index (χ0n) is 13.4. The van der Waals surface area contributed by atoms with Crippen molar-refractivity contribution in [1.29, 1.82) is 0 Å². The van der Waals surface area contributed by atoms with Gasteiger partial charge in [0.2, 0.25) is 0 Å². The van der Waals surface area contributed by atoms with E-state index in [0.717, 1.165) is 0 Å². The largest absolute Gasteiger partial charge is 0.494 e. The van der Waals surface area contributed by atoms with Crippen molar-refractivity contribution in [2.24, 2.45) is 0 Å². The molecule has 8 heteroatoms. The molecular formula is C18H13BrN4O3. The van der Waals surface area contributed by atoms with E-state index < -0.39 is 0 Å². The van der Waals surface area contributed by atoms with E-state index in [-0.39, 0.29) is 17.3 Å². The van der Waals surface area contributed by atoms with Gasteiger partial charge in [-0.05, 0) is 24.3 Å². The second kappa shape index (κ2) is 6.30. The maximum atomic E-state index is 12.6. The third-order valence-electron chi connectivity index (χ3n) is 4.09. The molecule has 0 aliphatic heterocycles. The van der Waals surface area contributed by atoms with Crippen molar-refractivity contribution < 1.29 is 10.2 Å². The van der Waals surface area contributed by atoms with Crippen LogP contribution in [0.1, 0.15) is 5.56 Å². The summed E-state index contributed by atoms with van der Waals surface area (Å²) in [6, 6.07) is 11.6. The van der Waals surface area contributed by atoms with Crippen molar-refractivity contribution >= 4 is 27.1 Å². The molecule has 7 nitrogen and oxygen atoms in total.